The van der Waals surface area contributed by atoms with Gasteiger partial charge in [-0.05, 0) is 42.3 Å². The number of anilines is 1. The monoisotopic (exact) mass is 412 g/mol. The molecule has 0 bridgehead atoms. The number of carbonyl (C=O) groups excluding carboxylic acids is 1. The number of carbonyl (C=O) groups is 1. The fourth-order valence-corrected chi connectivity index (χ4v) is 3.49. The number of ketones is 1. The van der Waals surface area contributed by atoms with Crippen molar-refractivity contribution in [3.8, 4) is 5.75 Å². The second-order valence-electron chi connectivity index (χ2n) is 6.32. The average Bonchev–Trinajstić information content (AvgIpc) is 2.66. The van der Waals surface area contributed by atoms with Crippen LogP contribution in [0.5, 0.6) is 5.75 Å². The average molecular weight is 413 g/mol. The van der Waals surface area contributed by atoms with Gasteiger partial charge in [0.25, 0.3) is 0 Å². The number of benzene rings is 2. The lowest BCUT2D eigenvalue weighted by atomic mass is 9.99. The van der Waals surface area contributed by atoms with Crippen molar-refractivity contribution < 1.29 is 9.53 Å². The summed E-state index contributed by atoms with van der Waals surface area (Å²) in [6.07, 6.45) is 2.82. The van der Waals surface area contributed by atoms with Crippen LogP contribution in [0, 0.1) is 0 Å². The SMILES string of the molecule is COc1ccc(Br)c2c(C(=O)CCc3ccc(N(C)C)cc3)ccnc12. The zero-order valence-electron chi connectivity index (χ0n) is 15.1. The zero-order chi connectivity index (χ0) is 18.7. The summed E-state index contributed by atoms with van der Waals surface area (Å²) in [4.78, 5) is 19.3. The van der Waals surface area contributed by atoms with Gasteiger partial charge in [-0.2, -0.15) is 0 Å². The third-order valence-electron chi connectivity index (χ3n) is 4.42. The first-order valence-corrected chi connectivity index (χ1v) is 9.21. The molecule has 3 aromatic rings. The summed E-state index contributed by atoms with van der Waals surface area (Å²) >= 11 is 3.54. The minimum Gasteiger partial charge on any atom is -0.494 e. The van der Waals surface area contributed by atoms with Crippen LogP contribution in [-0.2, 0) is 6.42 Å². The van der Waals surface area contributed by atoms with Crippen LogP contribution in [0.25, 0.3) is 10.9 Å². The molecule has 3 rings (SSSR count). The lowest BCUT2D eigenvalue weighted by Crippen LogP contribution is -2.08. The Kier molecular flexibility index (Phi) is 5.57. The molecule has 0 radical (unpaired) electrons. The van der Waals surface area contributed by atoms with Crippen LogP contribution < -0.4 is 9.64 Å². The van der Waals surface area contributed by atoms with Crippen LogP contribution in [0.15, 0.2) is 53.1 Å². The highest BCUT2D eigenvalue weighted by Crippen LogP contribution is 2.33. The van der Waals surface area contributed by atoms with E-state index in [2.05, 4.69) is 50.1 Å². The maximum Gasteiger partial charge on any atom is 0.163 e. The molecule has 0 fully saturated rings. The largest absolute Gasteiger partial charge is 0.494 e. The lowest BCUT2D eigenvalue weighted by Gasteiger charge is -2.13. The van der Waals surface area contributed by atoms with Gasteiger partial charge in [0.1, 0.15) is 11.3 Å². The molecule has 0 saturated carbocycles. The Labute approximate surface area is 161 Å². The van der Waals surface area contributed by atoms with Crippen molar-refractivity contribution in [2.45, 2.75) is 12.8 Å². The Morgan fingerprint density at radius 1 is 1.12 bits per heavy atom. The fourth-order valence-electron chi connectivity index (χ4n) is 2.95. The molecule has 0 aliphatic heterocycles. The van der Waals surface area contributed by atoms with Crippen LogP contribution >= 0.6 is 15.9 Å². The van der Waals surface area contributed by atoms with Gasteiger partial charge in [0, 0.05) is 47.8 Å². The van der Waals surface area contributed by atoms with Crippen LogP contribution in [0.1, 0.15) is 22.3 Å². The number of aryl methyl sites for hydroxylation is 1. The van der Waals surface area contributed by atoms with E-state index >= 15 is 0 Å². The number of rotatable bonds is 6. The summed E-state index contributed by atoms with van der Waals surface area (Å²) in [5, 5.41) is 0.805. The number of ether oxygens (including phenoxy) is 1. The van der Waals surface area contributed by atoms with Gasteiger partial charge in [0.15, 0.2) is 5.78 Å². The molecular weight excluding hydrogens is 392 g/mol. The molecule has 0 aliphatic rings. The Bertz CT molecular complexity index is 937. The van der Waals surface area contributed by atoms with Crippen molar-refractivity contribution in [3.05, 3.63) is 64.3 Å². The van der Waals surface area contributed by atoms with E-state index in [1.807, 2.05) is 26.2 Å². The lowest BCUT2D eigenvalue weighted by molar-refractivity contribution is 0.0984. The van der Waals surface area contributed by atoms with E-state index in [0.29, 0.717) is 29.7 Å². The zero-order valence-corrected chi connectivity index (χ0v) is 16.7. The van der Waals surface area contributed by atoms with E-state index in [1.165, 1.54) is 0 Å². The highest BCUT2D eigenvalue weighted by Gasteiger charge is 2.16. The van der Waals surface area contributed by atoms with Gasteiger partial charge in [-0.15, -0.1) is 0 Å². The standard InChI is InChI=1S/C21H21BrN2O2/c1-24(2)15-7-4-14(5-8-15)6-10-18(25)16-12-13-23-21-19(26-3)11-9-17(22)20(16)21/h4-5,7-9,11-13H,6,10H2,1-3H3. The van der Waals surface area contributed by atoms with E-state index in [9.17, 15) is 4.79 Å². The summed E-state index contributed by atoms with van der Waals surface area (Å²) in [6.45, 7) is 0. The van der Waals surface area contributed by atoms with Crippen LogP contribution in [0.4, 0.5) is 5.69 Å². The van der Waals surface area contributed by atoms with Gasteiger partial charge in [-0.3, -0.25) is 9.78 Å². The molecule has 4 nitrogen and oxygen atoms in total. The molecule has 134 valence electrons. The molecule has 0 N–H and O–H groups in total. The molecular formula is C21H21BrN2O2. The summed E-state index contributed by atoms with van der Waals surface area (Å²) in [5.74, 6) is 0.764. The van der Waals surface area contributed by atoms with Gasteiger partial charge in [0.05, 0.1) is 7.11 Å². The van der Waals surface area contributed by atoms with Gasteiger partial charge in [-0.1, -0.05) is 28.1 Å². The molecule has 0 spiro atoms. The summed E-state index contributed by atoms with van der Waals surface area (Å²) in [6, 6.07) is 13.8. The fraction of sp³-hybridized carbons (Fsp3) is 0.238. The Morgan fingerprint density at radius 2 is 1.85 bits per heavy atom. The number of aromatic nitrogens is 1. The summed E-state index contributed by atoms with van der Waals surface area (Å²) in [5.41, 5.74) is 3.67. The van der Waals surface area contributed by atoms with Crippen molar-refractivity contribution in [1.82, 2.24) is 4.98 Å². The van der Waals surface area contributed by atoms with Crippen molar-refractivity contribution in [1.29, 1.82) is 0 Å². The predicted octanol–water partition coefficient (Wildman–Crippen LogP) is 4.89. The molecule has 2 aromatic carbocycles. The number of Topliss-reactive ketones (excluding diaryl/α,β-unsaturated/α-hetero) is 1. The Morgan fingerprint density at radius 3 is 2.50 bits per heavy atom. The molecule has 0 saturated heterocycles. The first kappa shape index (κ1) is 18.4. The first-order chi connectivity index (χ1) is 12.5. The maximum atomic E-state index is 12.9. The Balaban J connectivity index is 1.84. The Hall–Kier alpha value is -2.40. The molecule has 0 amide bonds. The number of fused-ring (bicyclic) bond motifs is 1. The quantitative estimate of drug-likeness (QED) is 0.540. The van der Waals surface area contributed by atoms with E-state index in [0.717, 1.165) is 21.1 Å². The normalized spacial score (nSPS) is 10.8. The van der Waals surface area contributed by atoms with Crippen molar-refractivity contribution in [3.63, 3.8) is 0 Å². The van der Waals surface area contributed by atoms with E-state index < -0.39 is 0 Å². The highest BCUT2D eigenvalue weighted by molar-refractivity contribution is 9.10. The molecule has 26 heavy (non-hydrogen) atoms. The second-order valence-corrected chi connectivity index (χ2v) is 7.17. The minimum atomic E-state index is 0.100. The third-order valence-corrected chi connectivity index (χ3v) is 5.08. The maximum absolute atomic E-state index is 12.9. The van der Waals surface area contributed by atoms with Gasteiger partial charge < -0.3 is 9.64 Å². The van der Waals surface area contributed by atoms with E-state index in [4.69, 9.17) is 4.74 Å². The molecule has 1 heterocycles. The van der Waals surface area contributed by atoms with Gasteiger partial charge in [-0.25, -0.2) is 0 Å². The van der Waals surface area contributed by atoms with Crippen LogP contribution in [-0.4, -0.2) is 32.0 Å². The summed E-state index contributed by atoms with van der Waals surface area (Å²) in [7, 11) is 5.63. The summed E-state index contributed by atoms with van der Waals surface area (Å²) < 4.78 is 6.23. The molecule has 0 atom stereocenters. The molecule has 1 aromatic heterocycles. The van der Waals surface area contributed by atoms with Crippen molar-refractivity contribution in [2.24, 2.45) is 0 Å². The number of nitrogens with zero attached hydrogens (tertiary/aromatic N) is 2. The number of pyridine rings is 1. The van der Waals surface area contributed by atoms with Crippen LogP contribution in [0.3, 0.4) is 0 Å². The minimum absolute atomic E-state index is 0.100. The van der Waals surface area contributed by atoms with Crippen molar-refractivity contribution >= 4 is 38.3 Å². The van der Waals surface area contributed by atoms with Crippen molar-refractivity contribution in [2.75, 3.05) is 26.1 Å². The molecule has 5 heteroatoms. The first-order valence-electron chi connectivity index (χ1n) is 8.42. The third kappa shape index (κ3) is 3.73. The van der Waals surface area contributed by atoms with E-state index in [-0.39, 0.29) is 5.78 Å². The molecule has 0 aliphatic carbocycles. The predicted molar refractivity (Wildman–Crippen MR) is 109 cm³/mol. The number of hydrogen-bond donors (Lipinski definition) is 0. The topological polar surface area (TPSA) is 42.4 Å². The van der Waals surface area contributed by atoms with Gasteiger partial charge in [0.2, 0.25) is 0 Å². The van der Waals surface area contributed by atoms with Crippen LogP contribution in [0.2, 0.25) is 0 Å². The smallest absolute Gasteiger partial charge is 0.163 e. The highest BCUT2D eigenvalue weighted by atomic mass is 79.9. The molecule has 0 unspecified atom stereocenters. The number of methoxy groups -OCH3 is 1. The van der Waals surface area contributed by atoms with Gasteiger partial charge >= 0.3 is 0 Å². The second kappa shape index (κ2) is 7.87. The number of hydrogen-bond acceptors (Lipinski definition) is 4. The number of halogens is 1. The van der Waals surface area contributed by atoms with E-state index in [1.54, 1.807) is 19.4 Å².